The molecule has 3 aromatic carbocycles. The summed E-state index contributed by atoms with van der Waals surface area (Å²) in [5.41, 5.74) is 3.87. The molecule has 132 valence electrons. The molecular weight excluding hydrogens is 322 g/mol. The zero-order valence-corrected chi connectivity index (χ0v) is 15.1. The van der Waals surface area contributed by atoms with Gasteiger partial charge in [0, 0.05) is 37.7 Å². The lowest BCUT2D eigenvalue weighted by atomic mass is 10.1. The summed E-state index contributed by atoms with van der Waals surface area (Å²) >= 11 is 0. The molecule has 2 amide bonds. The monoisotopic (exact) mass is 345 g/mol. The lowest BCUT2D eigenvalue weighted by Gasteiger charge is -2.23. The van der Waals surface area contributed by atoms with Crippen LogP contribution in [0.2, 0.25) is 0 Å². The van der Waals surface area contributed by atoms with Crippen molar-refractivity contribution >= 4 is 23.1 Å². The van der Waals surface area contributed by atoms with Crippen molar-refractivity contribution in [3.05, 3.63) is 90.5 Å². The molecule has 0 saturated heterocycles. The first-order valence-corrected chi connectivity index (χ1v) is 8.59. The Kier molecular flexibility index (Phi) is 5.54. The predicted molar refractivity (Wildman–Crippen MR) is 109 cm³/mol. The molecule has 4 heteroatoms. The maximum atomic E-state index is 12.6. The smallest absolute Gasteiger partial charge is 0.326 e. The molecule has 0 aliphatic rings. The maximum Gasteiger partial charge on any atom is 0.326 e. The summed E-state index contributed by atoms with van der Waals surface area (Å²) < 4.78 is 0. The third-order valence-corrected chi connectivity index (χ3v) is 4.31. The molecular formula is C22H23N3O. The van der Waals surface area contributed by atoms with Gasteiger partial charge in [-0.3, -0.25) is 4.90 Å². The highest BCUT2D eigenvalue weighted by Crippen LogP contribution is 2.21. The molecule has 4 nitrogen and oxygen atoms in total. The van der Waals surface area contributed by atoms with Gasteiger partial charge in [0.15, 0.2) is 0 Å². The number of para-hydroxylation sites is 3. The Bertz CT molecular complexity index is 850. The SMILES string of the molecule is CN(Cc1ccccc1NC(=O)N(C)c1ccccc1)c1ccccc1. The van der Waals surface area contributed by atoms with E-state index in [0.29, 0.717) is 6.54 Å². The van der Waals surface area contributed by atoms with Crippen molar-refractivity contribution in [2.45, 2.75) is 6.54 Å². The van der Waals surface area contributed by atoms with Crippen LogP contribution in [0.5, 0.6) is 0 Å². The molecule has 0 spiro atoms. The van der Waals surface area contributed by atoms with Crippen LogP contribution in [-0.2, 0) is 6.54 Å². The van der Waals surface area contributed by atoms with Crippen molar-refractivity contribution in [1.29, 1.82) is 0 Å². The summed E-state index contributed by atoms with van der Waals surface area (Å²) in [6, 6.07) is 27.5. The molecule has 3 rings (SSSR count). The first-order chi connectivity index (χ1) is 12.6. The van der Waals surface area contributed by atoms with Gasteiger partial charge in [-0.05, 0) is 35.9 Å². The molecule has 26 heavy (non-hydrogen) atoms. The lowest BCUT2D eigenvalue weighted by molar-refractivity contribution is 0.258. The molecule has 0 aromatic heterocycles. The Balaban J connectivity index is 1.74. The zero-order valence-electron chi connectivity index (χ0n) is 15.1. The van der Waals surface area contributed by atoms with Crippen molar-refractivity contribution in [3.8, 4) is 0 Å². The molecule has 0 saturated carbocycles. The fraction of sp³-hybridized carbons (Fsp3) is 0.136. The van der Waals surface area contributed by atoms with Crippen LogP contribution in [0.15, 0.2) is 84.9 Å². The first kappa shape index (κ1) is 17.5. The Morgan fingerprint density at radius 2 is 1.31 bits per heavy atom. The third kappa shape index (κ3) is 4.22. The highest BCUT2D eigenvalue weighted by Gasteiger charge is 2.13. The van der Waals surface area contributed by atoms with Gasteiger partial charge >= 0.3 is 6.03 Å². The van der Waals surface area contributed by atoms with E-state index in [1.165, 1.54) is 0 Å². The maximum absolute atomic E-state index is 12.6. The van der Waals surface area contributed by atoms with E-state index in [-0.39, 0.29) is 6.03 Å². The van der Waals surface area contributed by atoms with Crippen LogP contribution in [0.4, 0.5) is 21.9 Å². The number of urea groups is 1. The van der Waals surface area contributed by atoms with Gasteiger partial charge in [-0.25, -0.2) is 4.79 Å². The standard InChI is InChI=1S/C22H23N3O/c1-24(19-12-5-3-6-13-19)17-18-11-9-10-16-21(18)23-22(26)25(2)20-14-7-4-8-15-20/h3-16H,17H2,1-2H3,(H,23,26). The average Bonchev–Trinajstić information content (AvgIpc) is 2.70. The number of anilines is 3. The number of rotatable bonds is 5. The van der Waals surface area contributed by atoms with Crippen LogP contribution in [0.1, 0.15) is 5.56 Å². The number of amides is 2. The van der Waals surface area contributed by atoms with Gasteiger partial charge in [-0.1, -0.05) is 54.6 Å². The van der Waals surface area contributed by atoms with Gasteiger partial charge in [0.25, 0.3) is 0 Å². The number of hydrogen-bond acceptors (Lipinski definition) is 2. The second kappa shape index (κ2) is 8.21. The summed E-state index contributed by atoms with van der Waals surface area (Å²) in [6.07, 6.45) is 0. The Morgan fingerprint density at radius 3 is 1.96 bits per heavy atom. The second-order valence-corrected chi connectivity index (χ2v) is 6.17. The quantitative estimate of drug-likeness (QED) is 0.707. The summed E-state index contributed by atoms with van der Waals surface area (Å²) in [7, 11) is 3.81. The molecule has 0 heterocycles. The van der Waals surface area contributed by atoms with Crippen molar-refractivity contribution in [2.75, 3.05) is 29.2 Å². The Morgan fingerprint density at radius 1 is 0.769 bits per heavy atom. The lowest BCUT2D eigenvalue weighted by Crippen LogP contribution is -2.31. The molecule has 0 atom stereocenters. The number of nitrogens with zero attached hydrogens (tertiary/aromatic N) is 2. The average molecular weight is 345 g/mol. The van der Waals surface area contributed by atoms with E-state index < -0.39 is 0 Å². The summed E-state index contributed by atoms with van der Waals surface area (Å²) in [5, 5.41) is 3.03. The van der Waals surface area contributed by atoms with E-state index in [2.05, 4.69) is 22.3 Å². The van der Waals surface area contributed by atoms with E-state index in [4.69, 9.17) is 0 Å². The van der Waals surface area contributed by atoms with E-state index in [0.717, 1.165) is 22.6 Å². The normalized spacial score (nSPS) is 10.2. The largest absolute Gasteiger partial charge is 0.370 e. The van der Waals surface area contributed by atoms with E-state index in [9.17, 15) is 4.79 Å². The molecule has 3 aromatic rings. The van der Waals surface area contributed by atoms with E-state index in [1.54, 1.807) is 11.9 Å². The molecule has 0 aliphatic carbocycles. The van der Waals surface area contributed by atoms with Gasteiger partial charge in [-0.15, -0.1) is 0 Å². The highest BCUT2D eigenvalue weighted by atomic mass is 16.2. The summed E-state index contributed by atoms with van der Waals surface area (Å²) in [6.45, 7) is 0.704. The summed E-state index contributed by atoms with van der Waals surface area (Å²) in [5.74, 6) is 0. The number of carbonyl (C=O) groups is 1. The summed E-state index contributed by atoms with van der Waals surface area (Å²) in [4.78, 5) is 16.4. The van der Waals surface area contributed by atoms with Crippen molar-refractivity contribution in [1.82, 2.24) is 0 Å². The van der Waals surface area contributed by atoms with Crippen LogP contribution in [0.25, 0.3) is 0 Å². The van der Waals surface area contributed by atoms with Crippen LogP contribution < -0.4 is 15.1 Å². The molecule has 1 N–H and O–H groups in total. The van der Waals surface area contributed by atoms with Gasteiger partial charge in [0.05, 0.1) is 0 Å². The van der Waals surface area contributed by atoms with Crippen LogP contribution >= 0.6 is 0 Å². The minimum Gasteiger partial charge on any atom is -0.370 e. The second-order valence-electron chi connectivity index (χ2n) is 6.17. The molecule has 0 aliphatic heterocycles. The number of carbonyl (C=O) groups excluding carboxylic acids is 1. The Hall–Kier alpha value is -3.27. The van der Waals surface area contributed by atoms with Crippen molar-refractivity contribution in [2.24, 2.45) is 0 Å². The van der Waals surface area contributed by atoms with Gasteiger partial charge in [0.2, 0.25) is 0 Å². The minimum absolute atomic E-state index is 0.161. The fourth-order valence-electron chi connectivity index (χ4n) is 2.78. The topological polar surface area (TPSA) is 35.6 Å². The highest BCUT2D eigenvalue weighted by molar-refractivity contribution is 6.01. The van der Waals surface area contributed by atoms with Gasteiger partial charge in [-0.2, -0.15) is 0 Å². The number of hydrogen-bond donors (Lipinski definition) is 1. The Labute approximate surface area is 154 Å². The molecule has 0 radical (unpaired) electrons. The molecule has 0 fully saturated rings. The van der Waals surface area contributed by atoms with Crippen LogP contribution in [0.3, 0.4) is 0 Å². The number of benzene rings is 3. The molecule has 0 unspecified atom stereocenters. The number of nitrogens with one attached hydrogen (secondary N) is 1. The van der Waals surface area contributed by atoms with Crippen molar-refractivity contribution < 1.29 is 4.79 Å². The zero-order chi connectivity index (χ0) is 18.4. The minimum atomic E-state index is -0.161. The third-order valence-electron chi connectivity index (χ3n) is 4.31. The van der Waals surface area contributed by atoms with Crippen molar-refractivity contribution in [3.63, 3.8) is 0 Å². The van der Waals surface area contributed by atoms with Crippen LogP contribution in [-0.4, -0.2) is 20.1 Å². The van der Waals surface area contributed by atoms with Gasteiger partial charge in [0.1, 0.15) is 0 Å². The van der Waals surface area contributed by atoms with Gasteiger partial charge < -0.3 is 10.2 Å². The van der Waals surface area contributed by atoms with Crippen LogP contribution in [0, 0.1) is 0 Å². The molecule has 0 bridgehead atoms. The fourth-order valence-corrected chi connectivity index (χ4v) is 2.78. The predicted octanol–water partition coefficient (Wildman–Crippen LogP) is 4.99. The van der Waals surface area contributed by atoms with E-state index in [1.807, 2.05) is 79.8 Å². The van der Waals surface area contributed by atoms with E-state index >= 15 is 0 Å². The first-order valence-electron chi connectivity index (χ1n) is 8.59.